The number of nitrogens with one attached hydrogen (secondary N) is 1. The smallest absolute Gasteiger partial charge is 0.252 e. The number of hydrogen-bond acceptors (Lipinski definition) is 10. The molecule has 10 nitrogen and oxygen atoms in total. The van der Waals surface area contributed by atoms with Gasteiger partial charge in [0.15, 0.2) is 23.9 Å². The monoisotopic (exact) mass is 520 g/mol. The lowest BCUT2D eigenvalue weighted by Crippen LogP contribution is -2.66. The number of likely N-dealkylation sites (tertiary alicyclic amines) is 1. The molecule has 5 aliphatic rings. The quantitative estimate of drug-likeness (QED) is 0.215. The largest absolute Gasteiger partial charge is 0.504 e. The zero-order valence-electron chi connectivity index (χ0n) is 19.9. The first kappa shape index (κ1) is 24.5. The van der Waals surface area contributed by atoms with Crippen molar-refractivity contribution < 1.29 is 39.4 Å². The molecule has 6 rings (SSSR count). The molecule has 196 valence electrons. The summed E-state index contributed by atoms with van der Waals surface area (Å²) in [6.45, 7) is 1.11. The first-order valence-electron chi connectivity index (χ1n) is 12.4. The van der Waals surface area contributed by atoms with E-state index in [2.05, 4.69) is 36.0 Å². The molecular weight excluding hydrogens is 488 g/mol. The highest BCUT2D eigenvalue weighted by molar-refractivity contribution is 7.80. The van der Waals surface area contributed by atoms with Crippen LogP contribution in [0.2, 0.25) is 0 Å². The normalized spacial score (nSPS) is 42.5. The molecule has 2 fully saturated rings. The number of piperidine rings is 1. The SMILES string of the molecule is CN1CC[C@]23c4c5ccc(O)c4O[C@H]2[C@@H](O[C@@H]2O[C@H](C(=O)NCCS)[C@@H](O)[C@H](O)[C@H]2O)C=CC3[C@H]1C5. The second kappa shape index (κ2) is 8.87. The molecule has 0 saturated carbocycles. The van der Waals surface area contributed by atoms with Crippen LogP contribution < -0.4 is 10.1 Å². The van der Waals surface area contributed by atoms with Crippen molar-refractivity contribution in [1.29, 1.82) is 0 Å². The molecule has 0 radical (unpaired) electrons. The summed E-state index contributed by atoms with van der Waals surface area (Å²) in [4.78, 5) is 14.9. The van der Waals surface area contributed by atoms with Gasteiger partial charge in [0.1, 0.15) is 30.5 Å². The minimum absolute atomic E-state index is 0.0841. The van der Waals surface area contributed by atoms with Crippen molar-refractivity contribution in [3.63, 3.8) is 0 Å². The second-order valence-electron chi connectivity index (χ2n) is 10.5. The van der Waals surface area contributed by atoms with Gasteiger partial charge in [0.25, 0.3) is 5.91 Å². The zero-order chi connectivity index (χ0) is 25.4. The van der Waals surface area contributed by atoms with Crippen molar-refractivity contribution in [2.45, 2.75) is 67.2 Å². The summed E-state index contributed by atoms with van der Waals surface area (Å²) in [5.41, 5.74) is 1.77. The highest BCUT2D eigenvalue weighted by atomic mass is 32.1. The summed E-state index contributed by atoms with van der Waals surface area (Å²) in [5, 5.41) is 44.8. The van der Waals surface area contributed by atoms with Crippen LogP contribution in [-0.2, 0) is 26.1 Å². The van der Waals surface area contributed by atoms with Gasteiger partial charge in [-0.1, -0.05) is 18.2 Å². The molecular formula is C25H32N2O8S. The summed E-state index contributed by atoms with van der Waals surface area (Å²) in [6.07, 6.45) is -3.17. The third-order valence-electron chi connectivity index (χ3n) is 8.66. The molecule has 3 aliphatic heterocycles. The van der Waals surface area contributed by atoms with Gasteiger partial charge in [0.05, 0.1) is 0 Å². The maximum atomic E-state index is 12.5. The summed E-state index contributed by atoms with van der Waals surface area (Å²) < 4.78 is 18.4. The number of phenols is 1. The average Bonchev–Trinajstić information content (AvgIpc) is 3.23. The van der Waals surface area contributed by atoms with E-state index < -0.39 is 54.2 Å². The Hall–Kier alpha value is -1.86. The number of hydrogen-bond donors (Lipinski definition) is 6. The third kappa shape index (κ3) is 3.37. The van der Waals surface area contributed by atoms with Crippen molar-refractivity contribution in [2.75, 3.05) is 25.9 Å². The van der Waals surface area contributed by atoms with Crippen molar-refractivity contribution in [2.24, 2.45) is 5.92 Å². The highest BCUT2D eigenvalue weighted by Crippen LogP contribution is 2.62. The van der Waals surface area contributed by atoms with E-state index in [9.17, 15) is 25.2 Å². The Morgan fingerprint density at radius 2 is 2.06 bits per heavy atom. The van der Waals surface area contributed by atoms with Gasteiger partial charge < -0.3 is 44.9 Å². The van der Waals surface area contributed by atoms with E-state index >= 15 is 0 Å². The fourth-order valence-electron chi connectivity index (χ4n) is 6.95. The number of likely N-dealkylation sites (N-methyl/N-ethyl adjacent to an activating group) is 1. The van der Waals surface area contributed by atoms with Crippen LogP contribution in [0.3, 0.4) is 0 Å². The Morgan fingerprint density at radius 1 is 1.25 bits per heavy atom. The molecule has 2 saturated heterocycles. The third-order valence-corrected chi connectivity index (χ3v) is 8.88. The molecule has 1 aromatic rings. The Labute approximate surface area is 214 Å². The van der Waals surface area contributed by atoms with Crippen molar-refractivity contribution in [1.82, 2.24) is 10.2 Å². The van der Waals surface area contributed by atoms with Crippen molar-refractivity contribution in [3.8, 4) is 11.5 Å². The molecule has 5 N–H and O–H groups in total. The molecule has 3 heterocycles. The first-order chi connectivity index (χ1) is 17.3. The minimum Gasteiger partial charge on any atom is -0.504 e. The topological polar surface area (TPSA) is 141 Å². The fraction of sp³-hybridized carbons (Fsp3) is 0.640. The summed E-state index contributed by atoms with van der Waals surface area (Å²) in [6, 6.07) is 3.91. The van der Waals surface area contributed by atoms with E-state index in [1.165, 1.54) is 0 Å². The van der Waals surface area contributed by atoms with Gasteiger partial charge in [-0.25, -0.2) is 0 Å². The Balaban J connectivity index is 1.32. The number of aliphatic hydroxyl groups excluding tert-OH is 3. The fourth-order valence-corrected chi connectivity index (χ4v) is 7.06. The van der Waals surface area contributed by atoms with Crippen LogP contribution in [0.5, 0.6) is 11.5 Å². The minimum atomic E-state index is -1.64. The zero-order valence-corrected chi connectivity index (χ0v) is 20.8. The predicted octanol–water partition coefficient (Wildman–Crippen LogP) is -0.924. The number of aliphatic hydroxyl groups is 3. The number of amides is 1. The predicted molar refractivity (Wildman–Crippen MR) is 130 cm³/mol. The molecule has 36 heavy (non-hydrogen) atoms. The molecule has 10 atom stereocenters. The van der Waals surface area contributed by atoms with Crippen LogP contribution in [0, 0.1) is 5.92 Å². The van der Waals surface area contributed by atoms with Crippen LogP contribution in [-0.4, -0.2) is 106 Å². The van der Waals surface area contributed by atoms with Crippen molar-refractivity contribution in [3.05, 3.63) is 35.4 Å². The molecule has 1 spiro atoms. The van der Waals surface area contributed by atoms with Crippen LogP contribution in [0.1, 0.15) is 17.5 Å². The Kier molecular flexibility index (Phi) is 6.03. The lowest BCUT2D eigenvalue weighted by molar-refractivity contribution is -0.304. The lowest BCUT2D eigenvalue weighted by atomic mass is 9.53. The number of phenolic OH excluding ortho intramolecular Hbond substituents is 1. The number of carbonyl (C=O) groups is 1. The maximum Gasteiger partial charge on any atom is 0.252 e. The first-order valence-corrected chi connectivity index (χ1v) is 13.1. The Morgan fingerprint density at radius 3 is 2.83 bits per heavy atom. The molecule has 0 aromatic heterocycles. The second-order valence-corrected chi connectivity index (χ2v) is 10.9. The van der Waals surface area contributed by atoms with Crippen LogP contribution >= 0.6 is 12.6 Å². The number of rotatable bonds is 5. The molecule has 1 unspecified atom stereocenters. The van der Waals surface area contributed by atoms with Crippen molar-refractivity contribution >= 4 is 18.5 Å². The summed E-state index contributed by atoms with van der Waals surface area (Å²) in [5.74, 6) is 0.480. The molecule has 2 bridgehead atoms. The van der Waals surface area contributed by atoms with E-state index in [1.54, 1.807) is 6.07 Å². The van der Waals surface area contributed by atoms with Crippen LogP contribution in [0.25, 0.3) is 0 Å². The number of nitrogens with zero attached hydrogens (tertiary/aromatic N) is 1. The van der Waals surface area contributed by atoms with Crippen LogP contribution in [0.15, 0.2) is 24.3 Å². The van der Waals surface area contributed by atoms with Gasteiger partial charge in [-0.2, -0.15) is 12.6 Å². The highest BCUT2D eigenvalue weighted by Gasteiger charge is 2.65. The number of aromatic hydroxyl groups is 1. The number of carbonyl (C=O) groups excluding carboxylic acids is 1. The van der Waals surface area contributed by atoms with E-state index in [-0.39, 0.29) is 24.3 Å². The van der Waals surface area contributed by atoms with E-state index in [0.29, 0.717) is 11.5 Å². The van der Waals surface area contributed by atoms with Gasteiger partial charge in [0, 0.05) is 35.2 Å². The van der Waals surface area contributed by atoms with Gasteiger partial charge in [-0.15, -0.1) is 0 Å². The maximum absolute atomic E-state index is 12.5. The lowest BCUT2D eigenvalue weighted by Gasteiger charge is -2.57. The molecule has 2 aliphatic carbocycles. The van der Waals surface area contributed by atoms with Gasteiger partial charge in [0.2, 0.25) is 0 Å². The van der Waals surface area contributed by atoms with E-state index in [1.807, 2.05) is 12.1 Å². The van der Waals surface area contributed by atoms with E-state index in [4.69, 9.17) is 14.2 Å². The Bertz CT molecular complexity index is 1090. The van der Waals surface area contributed by atoms with Gasteiger partial charge in [-0.3, -0.25) is 4.79 Å². The summed E-state index contributed by atoms with van der Waals surface area (Å²) in [7, 11) is 2.13. The average molecular weight is 521 g/mol. The van der Waals surface area contributed by atoms with E-state index in [0.717, 1.165) is 30.5 Å². The molecule has 1 aromatic carbocycles. The molecule has 1 amide bonds. The van der Waals surface area contributed by atoms with Gasteiger partial charge in [-0.05, 0) is 38.1 Å². The molecule has 11 heteroatoms. The number of benzene rings is 1. The van der Waals surface area contributed by atoms with Crippen LogP contribution in [0.4, 0.5) is 0 Å². The number of ether oxygens (including phenoxy) is 3. The van der Waals surface area contributed by atoms with Gasteiger partial charge >= 0.3 is 0 Å². The number of thiol groups is 1. The summed E-state index contributed by atoms with van der Waals surface area (Å²) >= 11 is 4.06. The standard InChI is InChI=1S/C25H32N2O8S/c1-27-8-6-25-12-3-5-15(22(25)34-20-14(28)4-2-11(16(20)25)10-13(12)27)33-24-19(31)17(29)18(30)21(35-24)23(32)26-7-9-36/h2-5,12-13,15,17-19,21-22,24,28-31,36H,6-10H2,1H3,(H,26,32)/t12?,13-,15+,17+,18+,19-,21+,22+,24-,25+/m1/s1.